The summed E-state index contributed by atoms with van der Waals surface area (Å²) in [6.45, 7) is 3.56. The van der Waals surface area contributed by atoms with Crippen LogP contribution >= 0.6 is 0 Å². The lowest BCUT2D eigenvalue weighted by molar-refractivity contribution is -0.147. The van der Waals surface area contributed by atoms with Gasteiger partial charge in [-0.25, -0.2) is 4.79 Å². The van der Waals surface area contributed by atoms with Gasteiger partial charge in [0.2, 0.25) is 17.7 Å². The zero-order valence-electron chi connectivity index (χ0n) is 20.0. The molecule has 1 saturated heterocycles. The molecule has 3 fully saturated rings. The SMILES string of the molecule is CC(C)OC(=O)c1ccc(NC(=O)[C@@H](Cc2ccccc2)N2C(=O)[C@@H]3[C@H]4CC[C@@H](C4)[C@@H]3C2=O)cc1. The Labute approximate surface area is 204 Å². The van der Waals surface area contributed by atoms with E-state index < -0.39 is 17.9 Å². The van der Waals surface area contributed by atoms with Gasteiger partial charge in [0, 0.05) is 12.1 Å². The summed E-state index contributed by atoms with van der Waals surface area (Å²) in [7, 11) is 0. The summed E-state index contributed by atoms with van der Waals surface area (Å²) >= 11 is 0. The minimum atomic E-state index is -0.937. The minimum Gasteiger partial charge on any atom is -0.459 e. The molecule has 0 aromatic heterocycles. The van der Waals surface area contributed by atoms with Gasteiger partial charge in [-0.3, -0.25) is 19.3 Å². The summed E-state index contributed by atoms with van der Waals surface area (Å²) in [5.74, 6) is -1.30. The first kappa shape index (κ1) is 23.3. The summed E-state index contributed by atoms with van der Waals surface area (Å²) < 4.78 is 5.20. The van der Waals surface area contributed by atoms with Gasteiger partial charge in [0.05, 0.1) is 23.5 Å². The highest BCUT2D eigenvalue weighted by Crippen LogP contribution is 2.56. The van der Waals surface area contributed by atoms with Crippen molar-refractivity contribution in [3.8, 4) is 0 Å². The van der Waals surface area contributed by atoms with Gasteiger partial charge in [-0.15, -0.1) is 0 Å². The zero-order valence-corrected chi connectivity index (χ0v) is 20.0. The number of hydrogen-bond donors (Lipinski definition) is 1. The molecule has 7 heteroatoms. The van der Waals surface area contributed by atoms with Crippen LogP contribution in [-0.4, -0.2) is 40.7 Å². The van der Waals surface area contributed by atoms with Gasteiger partial charge in [-0.05, 0) is 74.8 Å². The number of amides is 3. The van der Waals surface area contributed by atoms with E-state index >= 15 is 0 Å². The Balaban J connectivity index is 1.38. The second-order valence-corrected chi connectivity index (χ2v) is 10.2. The Bertz CT molecular complexity index is 1120. The van der Waals surface area contributed by atoms with E-state index in [4.69, 9.17) is 4.74 Å². The average Bonchev–Trinajstić information content (AvgIpc) is 3.52. The molecule has 3 amide bonds. The fourth-order valence-corrected chi connectivity index (χ4v) is 6.07. The second kappa shape index (κ2) is 9.29. The molecule has 7 nitrogen and oxygen atoms in total. The normalized spacial score (nSPS) is 25.6. The van der Waals surface area contributed by atoms with E-state index in [0.29, 0.717) is 11.3 Å². The number of carbonyl (C=O) groups is 4. The Morgan fingerprint density at radius 2 is 1.54 bits per heavy atom. The molecule has 0 unspecified atom stereocenters. The van der Waals surface area contributed by atoms with Crippen LogP contribution < -0.4 is 5.32 Å². The van der Waals surface area contributed by atoms with Crippen LogP contribution in [0.4, 0.5) is 5.69 Å². The van der Waals surface area contributed by atoms with Gasteiger partial charge in [0.15, 0.2) is 0 Å². The molecule has 0 radical (unpaired) electrons. The van der Waals surface area contributed by atoms with Crippen LogP contribution in [-0.2, 0) is 25.5 Å². The Kier molecular flexibility index (Phi) is 6.17. The number of nitrogens with one attached hydrogen (secondary N) is 1. The minimum absolute atomic E-state index is 0.199. The maximum Gasteiger partial charge on any atom is 0.338 e. The lowest BCUT2D eigenvalue weighted by Crippen LogP contribution is -2.49. The van der Waals surface area contributed by atoms with Crippen molar-refractivity contribution in [1.82, 2.24) is 4.90 Å². The summed E-state index contributed by atoms with van der Waals surface area (Å²) in [6, 6.07) is 14.9. The van der Waals surface area contributed by atoms with Crippen molar-refractivity contribution in [3.63, 3.8) is 0 Å². The Morgan fingerprint density at radius 3 is 2.11 bits per heavy atom. The molecule has 1 heterocycles. The van der Waals surface area contributed by atoms with Crippen LogP contribution in [0, 0.1) is 23.7 Å². The summed E-state index contributed by atoms with van der Waals surface area (Å²) in [5, 5.41) is 2.85. The molecule has 3 aliphatic rings. The van der Waals surface area contributed by atoms with Crippen molar-refractivity contribution in [3.05, 3.63) is 65.7 Å². The largest absolute Gasteiger partial charge is 0.459 e. The smallest absolute Gasteiger partial charge is 0.338 e. The third kappa shape index (κ3) is 4.35. The summed E-state index contributed by atoms with van der Waals surface area (Å²) in [5.41, 5.74) is 1.74. The Hall–Kier alpha value is -3.48. The highest BCUT2D eigenvalue weighted by atomic mass is 16.5. The van der Waals surface area contributed by atoms with Crippen LogP contribution in [0.15, 0.2) is 54.6 Å². The van der Waals surface area contributed by atoms with Crippen LogP contribution in [0.5, 0.6) is 0 Å². The maximum atomic E-state index is 13.5. The van der Waals surface area contributed by atoms with E-state index in [9.17, 15) is 19.2 Å². The van der Waals surface area contributed by atoms with Crippen molar-refractivity contribution in [2.75, 3.05) is 5.32 Å². The molecule has 1 N–H and O–H groups in total. The average molecular weight is 475 g/mol. The van der Waals surface area contributed by atoms with Crippen molar-refractivity contribution < 1.29 is 23.9 Å². The van der Waals surface area contributed by atoms with E-state index in [0.717, 1.165) is 24.8 Å². The molecule has 35 heavy (non-hydrogen) atoms. The molecule has 5 atom stereocenters. The molecular weight excluding hydrogens is 444 g/mol. The van der Waals surface area contributed by atoms with Crippen molar-refractivity contribution in [2.24, 2.45) is 23.7 Å². The highest BCUT2D eigenvalue weighted by Gasteiger charge is 2.62. The van der Waals surface area contributed by atoms with E-state index in [1.54, 1.807) is 38.1 Å². The monoisotopic (exact) mass is 474 g/mol. The van der Waals surface area contributed by atoms with Crippen molar-refractivity contribution >= 4 is 29.4 Å². The first-order valence-corrected chi connectivity index (χ1v) is 12.4. The quantitative estimate of drug-likeness (QED) is 0.486. The van der Waals surface area contributed by atoms with E-state index in [-0.39, 0.29) is 48.0 Å². The van der Waals surface area contributed by atoms with Crippen LogP contribution in [0.25, 0.3) is 0 Å². The number of imide groups is 1. The number of nitrogens with zero attached hydrogens (tertiary/aromatic N) is 1. The van der Waals surface area contributed by atoms with E-state index in [1.807, 2.05) is 30.3 Å². The fraction of sp³-hybridized carbons (Fsp3) is 0.429. The Morgan fingerprint density at radius 1 is 0.943 bits per heavy atom. The molecule has 2 saturated carbocycles. The summed E-state index contributed by atoms with van der Waals surface area (Å²) in [6.07, 6.45) is 2.94. The van der Waals surface area contributed by atoms with Gasteiger partial charge in [0.1, 0.15) is 6.04 Å². The molecule has 0 spiro atoms. The van der Waals surface area contributed by atoms with Crippen molar-refractivity contribution in [2.45, 2.75) is 51.7 Å². The number of anilines is 1. The highest BCUT2D eigenvalue weighted by molar-refractivity contribution is 6.10. The molecule has 1 aliphatic heterocycles. The number of ether oxygens (including phenoxy) is 1. The predicted molar refractivity (Wildman–Crippen MR) is 129 cm³/mol. The van der Waals surface area contributed by atoms with Gasteiger partial charge >= 0.3 is 5.97 Å². The third-order valence-corrected chi connectivity index (χ3v) is 7.58. The lowest BCUT2D eigenvalue weighted by atomic mass is 9.81. The first-order valence-electron chi connectivity index (χ1n) is 12.4. The topological polar surface area (TPSA) is 92.8 Å². The van der Waals surface area contributed by atoms with Gasteiger partial charge < -0.3 is 10.1 Å². The molecule has 2 aromatic rings. The maximum absolute atomic E-state index is 13.5. The molecule has 5 rings (SSSR count). The number of carbonyl (C=O) groups excluding carboxylic acids is 4. The van der Waals surface area contributed by atoms with Crippen LogP contribution in [0.3, 0.4) is 0 Å². The van der Waals surface area contributed by atoms with Gasteiger partial charge in [0.25, 0.3) is 0 Å². The predicted octanol–water partition coefficient (Wildman–Crippen LogP) is 3.83. The van der Waals surface area contributed by atoms with Crippen LogP contribution in [0.1, 0.15) is 49.0 Å². The van der Waals surface area contributed by atoms with E-state index in [2.05, 4.69) is 5.32 Å². The number of hydrogen-bond acceptors (Lipinski definition) is 5. The zero-order chi connectivity index (χ0) is 24.7. The van der Waals surface area contributed by atoms with Crippen molar-refractivity contribution in [1.29, 1.82) is 0 Å². The van der Waals surface area contributed by atoms with Gasteiger partial charge in [-0.2, -0.15) is 0 Å². The molecule has 2 bridgehead atoms. The molecule has 2 aliphatic carbocycles. The number of esters is 1. The van der Waals surface area contributed by atoms with E-state index in [1.165, 1.54) is 4.90 Å². The number of benzene rings is 2. The molecule has 2 aromatic carbocycles. The standard InChI is InChI=1S/C28H30N2O5/c1-16(2)35-28(34)18-10-12-21(13-11-18)29-25(31)22(14-17-6-4-3-5-7-17)30-26(32)23-19-8-9-20(15-19)24(23)27(30)33/h3-7,10-13,16,19-20,22-24H,8-9,14-15H2,1-2H3,(H,29,31)/t19-,20-,22+,23-,24+/m0/s1. The summed E-state index contributed by atoms with van der Waals surface area (Å²) in [4.78, 5) is 53.8. The molecule has 182 valence electrons. The first-order chi connectivity index (χ1) is 16.8. The lowest BCUT2D eigenvalue weighted by Gasteiger charge is -2.27. The molecular formula is C28H30N2O5. The second-order valence-electron chi connectivity index (χ2n) is 10.2. The van der Waals surface area contributed by atoms with Gasteiger partial charge in [-0.1, -0.05) is 30.3 Å². The number of rotatable bonds is 7. The third-order valence-electron chi connectivity index (χ3n) is 7.58. The number of likely N-dealkylation sites (tertiary alicyclic amines) is 1. The number of fused-ring (bicyclic) bond motifs is 5. The fourth-order valence-electron chi connectivity index (χ4n) is 6.07. The van der Waals surface area contributed by atoms with Crippen LogP contribution in [0.2, 0.25) is 0 Å².